The zero-order chi connectivity index (χ0) is 11.3. The number of rotatable bonds is 1. The maximum absolute atomic E-state index is 8.50. The summed E-state index contributed by atoms with van der Waals surface area (Å²) in [5, 5.41) is 8.50. The monoisotopic (exact) mass is 236 g/mol. The Balaban J connectivity index is 2.90. The lowest BCUT2D eigenvalue weighted by Gasteiger charge is -2.05. The number of nitriles is 1. The molecule has 0 aliphatic carbocycles. The van der Waals surface area contributed by atoms with Crippen LogP contribution in [0.4, 0.5) is 0 Å². The van der Waals surface area contributed by atoms with Crippen LogP contribution in [-0.4, -0.2) is 10.6 Å². The van der Waals surface area contributed by atoms with Crippen molar-refractivity contribution in [2.45, 2.75) is 18.7 Å². The summed E-state index contributed by atoms with van der Waals surface area (Å²) in [5.74, 6) is 0. The first-order valence-electron chi connectivity index (χ1n) is 4.43. The number of benzene rings is 1. The van der Waals surface area contributed by atoms with Crippen molar-refractivity contribution in [3.8, 4) is 6.19 Å². The fourth-order valence-electron chi connectivity index (χ4n) is 1.16. The average Bonchev–Trinajstić information content (AvgIpc) is 2.21. The minimum atomic E-state index is 0.782. The van der Waals surface area contributed by atoms with Crippen LogP contribution in [0.5, 0.6) is 0 Å². The lowest BCUT2D eigenvalue weighted by molar-refractivity contribution is 1.27. The summed E-state index contributed by atoms with van der Waals surface area (Å²) in [5.41, 5.74) is 2.47. The molecular weight excluding hydrogens is 224 g/mol. The predicted molar refractivity (Wildman–Crippen MR) is 68.3 cm³/mol. The molecule has 78 valence electrons. The van der Waals surface area contributed by atoms with Crippen LogP contribution in [0.1, 0.15) is 11.1 Å². The van der Waals surface area contributed by atoms with Crippen molar-refractivity contribution in [2.24, 2.45) is 4.99 Å². The molecular formula is C11H12N2S2. The van der Waals surface area contributed by atoms with Crippen molar-refractivity contribution < 1.29 is 0 Å². The van der Waals surface area contributed by atoms with Crippen molar-refractivity contribution >= 4 is 27.9 Å². The molecule has 0 amide bonds. The minimum absolute atomic E-state index is 0.782. The molecule has 1 rings (SSSR count). The van der Waals surface area contributed by atoms with Crippen LogP contribution in [0.3, 0.4) is 0 Å². The second-order valence-electron chi connectivity index (χ2n) is 3.05. The van der Waals surface area contributed by atoms with Gasteiger partial charge in [-0.05, 0) is 31.7 Å². The predicted octanol–water partition coefficient (Wildman–Crippen LogP) is 3.60. The minimum Gasteiger partial charge on any atom is -0.170 e. The van der Waals surface area contributed by atoms with Crippen LogP contribution in [0, 0.1) is 25.3 Å². The highest BCUT2D eigenvalue weighted by atomic mass is 32.2. The molecule has 0 aromatic heterocycles. The molecule has 0 saturated heterocycles. The second kappa shape index (κ2) is 5.84. The fourth-order valence-corrected chi connectivity index (χ4v) is 2.52. The molecule has 0 radical (unpaired) electrons. The molecule has 0 heterocycles. The van der Waals surface area contributed by atoms with E-state index in [0.717, 1.165) is 9.27 Å². The number of hydrogen-bond acceptors (Lipinski definition) is 4. The summed E-state index contributed by atoms with van der Waals surface area (Å²) < 4.78 is 0.782. The van der Waals surface area contributed by atoms with E-state index in [1.54, 1.807) is 0 Å². The Kier molecular flexibility index (Phi) is 4.73. The summed E-state index contributed by atoms with van der Waals surface area (Å²) in [6.07, 6.45) is 3.74. The van der Waals surface area contributed by atoms with Crippen molar-refractivity contribution in [1.29, 1.82) is 5.26 Å². The maximum Gasteiger partial charge on any atom is 0.207 e. The first-order chi connectivity index (χ1) is 7.17. The Bertz CT molecular complexity index is 419. The molecule has 0 fully saturated rings. The van der Waals surface area contributed by atoms with Crippen molar-refractivity contribution in [1.82, 2.24) is 0 Å². The highest BCUT2D eigenvalue weighted by Gasteiger charge is 2.04. The van der Waals surface area contributed by atoms with Crippen molar-refractivity contribution in [3.63, 3.8) is 0 Å². The third-order valence-corrected chi connectivity index (χ3v) is 3.98. The number of hydrogen-bond donors (Lipinski definition) is 0. The normalized spacial score (nSPS) is 11.2. The second-order valence-corrected chi connectivity index (χ2v) is 5.14. The third-order valence-electron chi connectivity index (χ3n) is 1.84. The first kappa shape index (κ1) is 12.2. The van der Waals surface area contributed by atoms with Gasteiger partial charge < -0.3 is 0 Å². The summed E-state index contributed by atoms with van der Waals surface area (Å²) >= 11 is 3.03. The molecule has 1 aromatic rings. The molecule has 0 bridgehead atoms. The van der Waals surface area contributed by atoms with Gasteiger partial charge in [0.1, 0.15) is 4.38 Å². The van der Waals surface area contributed by atoms with E-state index >= 15 is 0 Å². The topological polar surface area (TPSA) is 36.1 Å². The van der Waals surface area contributed by atoms with Crippen LogP contribution in [0.15, 0.2) is 28.1 Å². The highest BCUT2D eigenvalue weighted by molar-refractivity contribution is 8.38. The van der Waals surface area contributed by atoms with Gasteiger partial charge in [0.15, 0.2) is 0 Å². The van der Waals surface area contributed by atoms with Crippen LogP contribution in [-0.2, 0) is 0 Å². The van der Waals surface area contributed by atoms with Gasteiger partial charge in [-0.3, -0.25) is 0 Å². The number of aliphatic imine (C=N–C) groups is 1. The number of aryl methyl sites for hydroxylation is 2. The van der Waals surface area contributed by atoms with E-state index in [0.29, 0.717) is 0 Å². The Morgan fingerprint density at radius 2 is 2.13 bits per heavy atom. The highest BCUT2D eigenvalue weighted by Crippen LogP contribution is 2.28. The van der Waals surface area contributed by atoms with Gasteiger partial charge in [-0.15, -0.1) is 11.8 Å². The zero-order valence-electron chi connectivity index (χ0n) is 8.94. The molecule has 4 heteroatoms. The quantitative estimate of drug-likeness (QED) is 0.323. The van der Waals surface area contributed by atoms with Gasteiger partial charge in [0.05, 0.1) is 0 Å². The number of nitrogens with zero attached hydrogens (tertiary/aromatic N) is 2. The van der Waals surface area contributed by atoms with Crippen LogP contribution in [0.2, 0.25) is 0 Å². The zero-order valence-corrected chi connectivity index (χ0v) is 10.6. The lowest BCUT2D eigenvalue weighted by atomic mass is 10.2. The fraction of sp³-hybridized carbons (Fsp3) is 0.273. The van der Waals surface area contributed by atoms with E-state index in [1.807, 2.05) is 12.4 Å². The molecule has 0 unspecified atom stereocenters. The first-order valence-corrected chi connectivity index (χ1v) is 6.47. The molecule has 0 atom stereocenters. The Hall–Kier alpha value is -0.920. The summed E-state index contributed by atoms with van der Waals surface area (Å²) in [6.45, 7) is 4.14. The molecule has 0 N–H and O–H groups in total. The van der Waals surface area contributed by atoms with Gasteiger partial charge >= 0.3 is 0 Å². The van der Waals surface area contributed by atoms with E-state index in [1.165, 1.54) is 34.7 Å². The van der Waals surface area contributed by atoms with Gasteiger partial charge in [-0.2, -0.15) is 10.3 Å². The average molecular weight is 236 g/mol. The van der Waals surface area contributed by atoms with E-state index in [4.69, 9.17) is 5.26 Å². The molecule has 0 spiro atoms. The van der Waals surface area contributed by atoms with E-state index in [9.17, 15) is 0 Å². The Morgan fingerprint density at radius 1 is 1.40 bits per heavy atom. The lowest BCUT2D eigenvalue weighted by Crippen LogP contribution is -1.87. The molecule has 0 aliphatic rings. The van der Waals surface area contributed by atoms with Gasteiger partial charge in [0, 0.05) is 4.90 Å². The molecule has 0 aliphatic heterocycles. The van der Waals surface area contributed by atoms with Crippen molar-refractivity contribution in [2.75, 3.05) is 6.26 Å². The molecule has 15 heavy (non-hydrogen) atoms. The van der Waals surface area contributed by atoms with Gasteiger partial charge in [0.2, 0.25) is 6.19 Å². The standard InChI is InChI=1S/C11H12N2S2/c1-8-4-5-10(9(2)6-8)15-11(14-3)13-7-12/h4-6H,1-3H3. The summed E-state index contributed by atoms with van der Waals surface area (Å²) in [4.78, 5) is 4.91. The van der Waals surface area contributed by atoms with E-state index < -0.39 is 0 Å². The van der Waals surface area contributed by atoms with Crippen LogP contribution >= 0.6 is 23.5 Å². The van der Waals surface area contributed by atoms with Gasteiger partial charge in [-0.25, -0.2) is 0 Å². The third kappa shape index (κ3) is 3.61. The SMILES string of the molecule is CSC(=NC#N)Sc1ccc(C)cc1C. The molecule has 0 saturated carbocycles. The van der Waals surface area contributed by atoms with Gasteiger partial charge in [-0.1, -0.05) is 29.5 Å². The summed E-state index contributed by atoms with van der Waals surface area (Å²) in [6, 6.07) is 6.27. The Morgan fingerprint density at radius 3 is 2.67 bits per heavy atom. The summed E-state index contributed by atoms with van der Waals surface area (Å²) in [7, 11) is 0. The van der Waals surface area contributed by atoms with Crippen LogP contribution < -0.4 is 0 Å². The smallest absolute Gasteiger partial charge is 0.170 e. The van der Waals surface area contributed by atoms with Crippen molar-refractivity contribution in [3.05, 3.63) is 29.3 Å². The van der Waals surface area contributed by atoms with Crippen LogP contribution in [0.25, 0.3) is 0 Å². The number of thioether (sulfide) groups is 2. The van der Waals surface area contributed by atoms with E-state index in [-0.39, 0.29) is 0 Å². The largest absolute Gasteiger partial charge is 0.207 e. The maximum atomic E-state index is 8.50. The molecule has 1 aromatic carbocycles. The molecule has 2 nitrogen and oxygen atoms in total. The van der Waals surface area contributed by atoms with E-state index in [2.05, 4.69) is 37.0 Å². The van der Waals surface area contributed by atoms with Gasteiger partial charge in [0.25, 0.3) is 0 Å². The Labute approximate surface area is 98.8 Å².